The molecule has 4 aromatic rings. The molecule has 3 aromatic carbocycles. The number of aromatic nitrogens is 2. The molecule has 0 atom stereocenters. The SMILES string of the molecule is CCCCc1nc2ccc(Br)cc2c(=O)n1N=Cc1cc(OC)c(OCc2ccc(C)cc2)cc1Br. The van der Waals surface area contributed by atoms with Crippen molar-refractivity contribution < 1.29 is 9.47 Å². The second-order valence-corrected chi connectivity index (χ2v) is 10.2. The molecule has 0 amide bonds. The van der Waals surface area contributed by atoms with Gasteiger partial charge in [-0.25, -0.2) is 4.98 Å². The van der Waals surface area contributed by atoms with Gasteiger partial charge in [0.25, 0.3) is 5.56 Å². The normalized spacial score (nSPS) is 11.4. The van der Waals surface area contributed by atoms with Crippen LogP contribution in [0.4, 0.5) is 0 Å². The van der Waals surface area contributed by atoms with Crippen molar-refractivity contribution in [3.05, 3.63) is 96.4 Å². The summed E-state index contributed by atoms with van der Waals surface area (Å²) in [5, 5.41) is 5.06. The van der Waals surface area contributed by atoms with Gasteiger partial charge in [-0.3, -0.25) is 4.79 Å². The van der Waals surface area contributed by atoms with Crippen LogP contribution in [0.15, 0.2) is 73.4 Å². The lowest BCUT2D eigenvalue weighted by Crippen LogP contribution is -2.22. The Morgan fingerprint density at radius 2 is 1.83 bits per heavy atom. The van der Waals surface area contributed by atoms with Gasteiger partial charge >= 0.3 is 0 Å². The van der Waals surface area contributed by atoms with Crippen LogP contribution in [0, 0.1) is 6.92 Å². The minimum Gasteiger partial charge on any atom is -0.493 e. The molecular formula is C28H27Br2N3O3. The molecule has 0 fully saturated rings. The number of hydrogen-bond donors (Lipinski definition) is 0. The molecule has 0 N–H and O–H groups in total. The lowest BCUT2D eigenvalue weighted by atomic mass is 10.2. The van der Waals surface area contributed by atoms with E-state index >= 15 is 0 Å². The first kappa shape index (κ1) is 26.1. The van der Waals surface area contributed by atoms with Gasteiger partial charge in [-0.05, 0) is 65.2 Å². The first-order valence-electron chi connectivity index (χ1n) is 11.7. The van der Waals surface area contributed by atoms with Gasteiger partial charge in [0.1, 0.15) is 12.4 Å². The zero-order chi connectivity index (χ0) is 25.7. The lowest BCUT2D eigenvalue weighted by Gasteiger charge is -2.13. The van der Waals surface area contributed by atoms with Gasteiger partial charge in [-0.15, -0.1) is 0 Å². The Labute approximate surface area is 227 Å². The van der Waals surface area contributed by atoms with Crippen LogP contribution >= 0.6 is 31.9 Å². The highest BCUT2D eigenvalue weighted by atomic mass is 79.9. The van der Waals surface area contributed by atoms with E-state index in [1.54, 1.807) is 19.4 Å². The standard InChI is InChI=1S/C28H27Br2N3O3/c1-4-5-6-27-32-24-12-11-21(29)14-22(24)28(34)33(27)31-16-20-13-25(35-3)26(15-23(20)30)36-17-19-9-7-18(2)8-10-19/h7-16H,4-6,17H2,1-3H3. The summed E-state index contributed by atoms with van der Waals surface area (Å²) in [4.78, 5) is 18.0. The molecule has 0 saturated heterocycles. The maximum absolute atomic E-state index is 13.3. The minimum absolute atomic E-state index is 0.204. The molecule has 6 nitrogen and oxygen atoms in total. The van der Waals surface area contributed by atoms with Gasteiger partial charge in [-0.2, -0.15) is 9.78 Å². The number of nitrogens with zero attached hydrogens (tertiary/aromatic N) is 3. The summed E-state index contributed by atoms with van der Waals surface area (Å²) in [5.41, 5.74) is 3.48. The summed E-state index contributed by atoms with van der Waals surface area (Å²) in [5.74, 6) is 1.82. The number of benzene rings is 3. The smallest absolute Gasteiger partial charge is 0.282 e. The molecule has 186 valence electrons. The third-order valence-electron chi connectivity index (χ3n) is 5.74. The van der Waals surface area contributed by atoms with Crippen molar-refractivity contribution in [3.63, 3.8) is 0 Å². The van der Waals surface area contributed by atoms with E-state index in [0.717, 1.165) is 32.9 Å². The molecule has 4 rings (SSSR count). The Kier molecular flexibility index (Phi) is 8.59. The largest absolute Gasteiger partial charge is 0.493 e. The van der Waals surface area contributed by atoms with Gasteiger partial charge in [0, 0.05) is 20.9 Å². The number of aryl methyl sites for hydroxylation is 2. The maximum Gasteiger partial charge on any atom is 0.282 e. The van der Waals surface area contributed by atoms with Crippen molar-refractivity contribution in [2.24, 2.45) is 5.10 Å². The highest BCUT2D eigenvalue weighted by Gasteiger charge is 2.13. The molecule has 8 heteroatoms. The Morgan fingerprint density at radius 1 is 1.06 bits per heavy atom. The molecule has 0 radical (unpaired) electrons. The van der Waals surface area contributed by atoms with Crippen molar-refractivity contribution >= 4 is 49.0 Å². The number of rotatable bonds is 9. The van der Waals surface area contributed by atoms with Gasteiger partial charge in [0.2, 0.25) is 0 Å². The molecule has 36 heavy (non-hydrogen) atoms. The molecule has 0 saturated carbocycles. The van der Waals surface area contributed by atoms with Crippen LogP contribution in [0.3, 0.4) is 0 Å². The highest BCUT2D eigenvalue weighted by molar-refractivity contribution is 9.10. The Hall–Kier alpha value is -2.97. The van der Waals surface area contributed by atoms with Crippen LogP contribution in [-0.2, 0) is 13.0 Å². The minimum atomic E-state index is -0.204. The molecule has 0 bridgehead atoms. The van der Waals surface area contributed by atoms with Crippen LogP contribution in [0.25, 0.3) is 10.9 Å². The van der Waals surface area contributed by atoms with Crippen molar-refractivity contribution in [2.45, 2.75) is 39.7 Å². The third kappa shape index (κ3) is 6.05. The topological polar surface area (TPSA) is 65.7 Å². The zero-order valence-electron chi connectivity index (χ0n) is 20.4. The van der Waals surface area contributed by atoms with Gasteiger partial charge in [0.15, 0.2) is 11.5 Å². The molecule has 0 aliphatic rings. The van der Waals surface area contributed by atoms with E-state index in [-0.39, 0.29) is 5.56 Å². The van der Waals surface area contributed by atoms with E-state index in [0.29, 0.717) is 41.3 Å². The second-order valence-electron chi connectivity index (χ2n) is 8.45. The van der Waals surface area contributed by atoms with Crippen LogP contribution < -0.4 is 15.0 Å². The van der Waals surface area contributed by atoms with Crippen LogP contribution in [0.1, 0.15) is 42.3 Å². The fourth-order valence-electron chi connectivity index (χ4n) is 3.70. The summed E-state index contributed by atoms with van der Waals surface area (Å²) >= 11 is 7.06. The number of halogens is 2. The molecule has 1 heterocycles. The Morgan fingerprint density at radius 3 is 2.56 bits per heavy atom. The summed E-state index contributed by atoms with van der Waals surface area (Å²) in [6, 6.07) is 17.4. The first-order valence-corrected chi connectivity index (χ1v) is 13.3. The highest BCUT2D eigenvalue weighted by Crippen LogP contribution is 2.33. The van der Waals surface area contributed by atoms with Crippen molar-refractivity contribution in [1.29, 1.82) is 0 Å². The van der Waals surface area contributed by atoms with Crippen molar-refractivity contribution in [2.75, 3.05) is 7.11 Å². The van der Waals surface area contributed by atoms with Gasteiger partial charge in [-0.1, -0.05) is 59.1 Å². The summed E-state index contributed by atoms with van der Waals surface area (Å²) < 4.78 is 14.6. The zero-order valence-corrected chi connectivity index (χ0v) is 23.6. The van der Waals surface area contributed by atoms with Crippen LogP contribution in [-0.4, -0.2) is 23.0 Å². The molecular weight excluding hydrogens is 586 g/mol. The molecule has 0 aliphatic carbocycles. The van der Waals surface area contributed by atoms with Gasteiger partial charge < -0.3 is 9.47 Å². The fourth-order valence-corrected chi connectivity index (χ4v) is 4.48. The lowest BCUT2D eigenvalue weighted by molar-refractivity contribution is 0.284. The van der Waals surface area contributed by atoms with Crippen molar-refractivity contribution in [1.82, 2.24) is 9.66 Å². The quantitative estimate of drug-likeness (QED) is 0.190. The van der Waals surface area contributed by atoms with E-state index in [1.807, 2.05) is 36.4 Å². The fraction of sp³-hybridized carbons (Fsp3) is 0.250. The summed E-state index contributed by atoms with van der Waals surface area (Å²) in [6.45, 7) is 4.58. The first-order chi connectivity index (χ1) is 17.4. The van der Waals surface area contributed by atoms with E-state index in [4.69, 9.17) is 14.5 Å². The number of fused-ring (bicyclic) bond motifs is 1. The summed E-state index contributed by atoms with van der Waals surface area (Å²) in [7, 11) is 1.60. The van der Waals surface area contributed by atoms with Crippen molar-refractivity contribution in [3.8, 4) is 11.5 Å². The average Bonchev–Trinajstić information content (AvgIpc) is 2.88. The number of hydrogen-bond acceptors (Lipinski definition) is 5. The second kappa shape index (κ2) is 11.8. The van der Waals surface area contributed by atoms with Crippen LogP contribution in [0.5, 0.6) is 11.5 Å². The van der Waals surface area contributed by atoms with Gasteiger partial charge in [0.05, 0.1) is 24.2 Å². The average molecular weight is 613 g/mol. The molecule has 1 aromatic heterocycles. The van der Waals surface area contributed by atoms with E-state index in [2.05, 4.69) is 62.9 Å². The van der Waals surface area contributed by atoms with Crippen LogP contribution in [0.2, 0.25) is 0 Å². The third-order valence-corrected chi connectivity index (χ3v) is 6.92. The predicted octanol–water partition coefficient (Wildman–Crippen LogP) is 7.04. The number of ether oxygens (including phenoxy) is 2. The molecule has 0 spiro atoms. The number of unbranched alkanes of at least 4 members (excludes halogenated alkanes) is 1. The van der Waals surface area contributed by atoms with E-state index in [1.165, 1.54) is 10.2 Å². The van der Waals surface area contributed by atoms with E-state index in [9.17, 15) is 4.79 Å². The van der Waals surface area contributed by atoms with E-state index < -0.39 is 0 Å². The molecule has 0 aliphatic heterocycles. The Bertz CT molecular complexity index is 1460. The molecule has 0 unspecified atom stereocenters. The predicted molar refractivity (Wildman–Crippen MR) is 152 cm³/mol. The maximum atomic E-state index is 13.3. The summed E-state index contributed by atoms with van der Waals surface area (Å²) in [6.07, 6.45) is 4.20. The monoisotopic (exact) mass is 611 g/mol. The Balaban J connectivity index is 1.67. The number of methoxy groups -OCH3 is 1.